The Labute approximate surface area is 217 Å². The normalized spacial score (nSPS) is 16.0. The standard InChI is InChI=1S/C28H23N5O3S/c1-3-32-22-10-5-4-9-20(22)26(27(32)35)31-33-23(16-37-28(33)29-19-8-6-7-17(2)13-19)18-11-12-24-21(14-18)30-25(34)15-36-24/h4-14,16H,3,15H2,1-2H3,(H,30,34). The fourth-order valence-electron chi connectivity index (χ4n) is 4.49. The summed E-state index contributed by atoms with van der Waals surface area (Å²) in [6.45, 7) is 4.50. The van der Waals surface area contributed by atoms with Crippen LogP contribution in [0.4, 0.5) is 17.1 Å². The number of anilines is 2. The molecule has 0 bridgehead atoms. The largest absolute Gasteiger partial charge is 0.482 e. The molecular formula is C28H23N5O3S. The maximum absolute atomic E-state index is 13.4. The molecule has 0 fully saturated rings. The van der Waals surface area contributed by atoms with Gasteiger partial charge >= 0.3 is 0 Å². The number of amides is 2. The maximum Gasteiger partial charge on any atom is 0.279 e. The summed E-state index contributed by atoms with van der Waals surface area (Å²) in [5.41, 5.74) is 6.02. The van der Waals surface area contributed by atoms with Crippen molar-refractivity contribution in [3.63, 3.8) is 0 Å². The number of hydrogen-bond donors (Lipinski definition) is 1. The number of para-hydroxylation sites is 1. The Morgan fingerprint density at radius 2 is 1.92 bits per heavy atom. The van der Waals surface area contributed by atoms with Gasteiger partial charge in [0, 0.05) is 23.1 Å². The number of aryl methyl sites for hydroxylation is 1. The molecule has 0 aliphatic carbocycles. The second-order valence-corrected chi connectivity index (χ2v) is 9.57. The molecule has 0 saturated heterocycles. The summed E-state index contributed by atoms with van der Waals surface area (Å²) in [5.74, 6) is 0.256. The number of nitrogens with one attached hydrogen (secondary N) is 1. The van der Waals surface area contributed by atoms with Crippen LogP contribution in [0.3, 0.4) is 0 Å². The van der Waals surface area contributed by atoms with Gasteiger partial charge in [-0.1, -0.05) is 30.3 Å². The molecule has 4 aromatic rings. The zero-order valence-electron chi connectivity index (χ0n) is 20.3. The number of rotatable bonds is 4. The number of aromatic nitrogens is 1. The van der Waals surface area contributed by atoms with Crippen molar-refractivity contribution >= 4 is 45.9 Å². The van der Waals surface area contributed by atoms with Gasteiger partial charge in [0.2, 0.25) is 4.80 Å². The summed E-state index contributed by atoms with van der Waals surface area (Å²) in [6, 6.07) is 21.2. The first kappa shape index (κ1) is 22.9. The highest BCUT2D eigenvalue weighted by atomic mass is 32.1. The molecule has 9 heteroatoms. The minimum absolute atomic E-state index is 0.00653. The first-order valence-electron chi connectivity index (χ1n) is 11.9. The lowest BCUT2D eigenvalue weighted by molar-refractivity contribution is -0.118. The van der Waals surface area contributed by atoms with E-state index in [0.717, 1.165) is 33.8 Å². The number of benzene rings is 3. The van der Waals surface area contributed by atoms with E-state index in [1.807, 2.05) is 86.0 Å². The van der Waals surface area contributed by atoms with Gasteiger partial charge in [-0.3, -0.25) is 9.59 Å². The molecule has 0 saturated carbocycles. The molecular weight excluding hydrogens is 486 g/mol. The van der Waals surface area contributed by atoms with E-state index < -0.39 is 0 Å². The van der Waals surface area contributed by atoms with E-state index in [1.165, 1.54) is 11.3 Å². The van der Waals surface area contributed by atoms with Crippen LogP contribution in [0.2, 0.25) is 0 Å². The number of ether oxygens (including phenoxy) is 1. The van der Waals surface area contributed by atoms with Crippen LogP contribution in [0.15, 0.2) is 82.2 Å². The van der Waals surface area contributed by atoms with Crippen molar-refractivity contribution in [1.29, 1.82) is 0 Å². The molecule has 6 rings (SSSR count). The molecule has 0 spiro atoms. The average Bonchev–Trinajstić information content (AvgIpc) is 3.41. The Kier molecular flexibility index (Phi) is 5.69. The van der Waals surface area contributed by atoms with E-state index in [2.05, 4.69) is 5.32 Å². The predicted octanol–water partition coefficient (Wildman–Crippen LogP) is 4.71. The monoisotopic (exact) mass is 509 g/mol. The second kappa shape index (κ2) is 9.18. The summed E-state index contributed by atoms with van der Waals surface area (Å²) in [4.78, 5) is 32.5. The molecule has 184 valence electrons. The molecule has 2 aliphatic heterocycles. The highest BCUT2D eigenvalue weighted by Crippen LogP contribution is 2.34. The molecule has 0 unspecified atom stereocenters. The van der Waals surface area contributed by atoms with Gasteiger partial charge in [0.05, 0.1) is 22.8 Å². The average molecular weight is 510 g/mol. The quantitative estimate of drug-likeness (QED) is 0.432. The molecule has 3 heterocycles. The van der Waals surface area contributed by atoms with Gasteiger partial charge in [-0.2, -0.15) is 5.10 Å². The Hall–Kier alpha value is -4.50. The van der Waals surface area contributed by atoms with E-state index in [1.54, 1.807) is 9.58 Å². The van der Waals surface area contributed by atoms with Crippen LogP contribution in [0.5, 0.6) is 5.75 Å². The van der Waals surface area contributed by atoms with Crippen LogP contribution >= 0.6 is 11.3 Å². The summed E-state index contributed by atoms with van der Waals surface area (Å²) in [6.07, 6.45) is 0. The van der Waals surface area contributed by atoms with Gasteiger partial charge in [0.1, 0.15) is 5.75 Å². The zero-order chi connectivity index (χ0) is 25.5. The topological polar surface area (TPSA) is 88.3 Å². The minimum Gasteiger partial charge on any atom is -0.482 e. The number of carbonyl (C=O) groups excluding carboxylic acids is 2. The van der Waals surface area contributed by atoms with Crippen LogP contribution in [-0.4, -0.2) is 35.4 Å². The van der Waals surface area contributed by atoms with Gasteiger partial charge in [-0.05, 0) is 55.8 Å². The predicted molar refractivity (Wildman–Crippen MR) is 145 cm³/mol. The molecule has 1 aromatic heterocycles. The number of thiazole rings is 1. The third-order valence-electron chi connectivity index (χ3n) is 6.23. The summed E-state index contributed by atoms with van der Waals surface area (Å²) < 4.78 is 7.24. The van der Waals surface area contributed by atoms with E-state index in [9.17, 15) is 9.59 Å². The second-order valence-electron chi connectivity index (χ2n) is 8.73. The zero-order valence-corrected chi connectivity index (χ0v) is 21.1. The lowest BCUT2D eigenvalue weighted by Gasteiger charge is -2.18. The lowest BCUT2D eigenvalue weighted by atomic mass is 10.1. The van der Waals surface area contributed by atoms with Crippen LogP contribution in [0.25, 0.3) is 11.3 Å². The van der Waals surface area contributed by atoms with E-state index >= 15 is 0 Å². The SMILES string of the molecule is CCN1C(=O)C(=Nn2c(-c3ccc4c(c3)NC(=O)CO4)csc2=Nc2cccc(C)c2)c2ccccc21. The highest BCUT2D eigenvalue weighted by Gasteiger charge is 2.33. The summed E-state index contributed by atoms with van der Waals surface area (Å²) >= 11 is 1.43. The lowest BCUT2D eigenvalue weighted by Crippen LogP contribution is -2.30. The Bertz CT molecular complexity index is 1670. The van der Waals surface area contributed by atoms with Crippen molar-refractivity contribution < 1.29 is 14.3 Å². The van der Waals surface area contributed by atoms with Crippen molar-refractivity contribution in [2.24, 2.45) is 10.1 Å². The molecule has 0 radical (unpaired) electrons. The van der Waals surface area contributed by atoms with Crippen molar-refractivity contribution in [1.82, 2.24) is 4.68 Å². The summed E-state index contributed by atoms with van der Waals surface area (Å²) in [7, 11) is 0. The van der Waals surface area contributed by atoms with E-state index in [4.69, 9.17) is 14.8 Å². The Balaban J connectivity index is 1.56. The van der Waals surface area contributed by atoms with Crippen molar-refractivity contribution in [2.75, 3.05) is 23.4 Å². The molecule has 1 N–H and O–H groups in total. The van der Waals surface area contributed by atoms with Gasteiger partial charge < -0.3 is 15.0 Å². The number of fused-ring (bicyclic) bond motifs is 2. The molecule has 2 amide bonds. The third-order valence-corrected chi connectivity index (χ3v) is 7.05. The van der Waals surface area contributed by atoms with Crippen molar-refractivity contribution in [2.45, 2.75) is 13.8 Å². The molecule has 0 atom stereocenters. The Morgan fingerprint density at radius 1 is 1.05 bits per heavy atom. The van der Waals surface area contributed by atoms with Crippen LogP contribution in [-0.2, 0) is 9.59 Å². The van der Waals surface area contributed by atoms with Crippen LogP contribution in [0.1, 0.15) is 18.1 Å². The van der Waals surface area contributed by atoms with Crippen molar-refractivity contribution in [3.8, 4) is 17.0 Å². The minimum atomic E-state index is -0.203. The van der Waals surface area contributed by atoms with Crippen LogP contribution < -0.4 is 19.8 Å². The number of carbonyl (C=O) groups is 2. The summed E-state index contributed by atoms with van der Waals surface area (Å²) in [5, 5.41) is 9.71. The fourth-order valence-corrected chi connectivity index (χ4v) is 5.34. The number of nitrogens with zero attached hydrogens (tertiary/aromatic N) is 4. The first-order chi connectivity index (χ1) is 18.0. The maximum atomic E-state index is 13.4. The van der Waals surface area contributed by atoms with Crippen LogP contribution in [0, 0.1) is 6.92 Å². The van der Waals surface area contributed by atoms with Gasteiger partial charge in [0.15, 0.2) is 12.3 Å². The van der Waals surface area contributed by atoms with E-state index in [0.29, 0.717) is 28.5 Å². The Morgan fingerprint density at radius 3 is 2.76 bits per heavy atom. The number of hydrogen-bond acceptors (Lipinski definition) is 6. The van der Waals surface area contributed by atoms with E-state index in [-0.39, 0.29) is 18.4 Å². The molecule has 3 aromatic carbocycles. The smallest absolute Gasteiger partial charge is 0.279 e. The molecule has 8 nitrogen and oxygen atoms in total. The van der Waals surface area contributed by atoms with Gasteiger partial charge in [0.25, 0.3) is 11.8 Å². The van der Waals surface area contributed by atoms with Gasteiger partial charge in [-0.15, -0.1) is 11.3 Å². The first-order valence-corrected chi connectivity index (χ1v) is 12.8. The van der Waals surface area contributed by atoms with Gasteiger partial charge in [-0.25, -0.2) is 9.67 Å². The highest BCUT2D eigenvalue weighted by molar-refractivity contribution is 7.07. The fraction of sp³-hybridized carbons (Fsp3) is 0.143. The third kappa shape index (κ3) is 4.13. The van der Waals surface area contributed by atoms with Crippen molar-refractivity contribution in [3.05, 3.63) is 88.0 Å². The molecule has 2 aliphatic rings. The molecule has 37 heavy (non-hydrogen) atoms. The number of likely N-dealkylation sites (N-methyl/N-ethyl adjacent to an activating group) is 1.